The van der Waals surface area contributed by atoms with Crippen molar-refractivity contribution in [1.82, 2.24) is 4.90 Å². The molecule has 1 heterocycles. The summed E-state index contributed by atoms with van der Waals surface area (Å²) in [5.41, 5.74) is -1.30. The second kappa shape index (κ2) is 3.93. The molecular formula is C14H27N. The molecule has 15 heavy (non-hydrogen) atoms. The van der Waals surface area contributed by atoms with Gasteiger partial charge in [-0.1, -0.05) is 39.3 Å². The van der Waals surface area contributed by atoms with Crippen LogP contribution in [-0.2, 0) is 0 Å². The molecule has 1 aliphatic rings. The average Bonchev–Trinajstić information content (AvgIpc) is 2.08. The molecule has 1 atom stereocenters. The fourth-order valence-corrected chi connectivity index (χ4v) is 1.54. The first-order chi connectivity index (χ1) is 8.89. The molecule has 0 amide bonds. The normalized spacial score (nSPS) is 43.4. The van der Waals surface area contributed by atoms with Gasteiger partial charge < -0.3 is 0 Å². The van der Waals surface area contributed by atoms with Gasteiger partial charge in [0.15, 0.2) is 0 Å². The zero-order valence-corrected chi connectivity index (χ0v) is 10.9. The van der Waals surface area contributed by atoms with E-state index in [0.717, 1.165) is 4.90 Å². The van der Waals surface area contributed by atoms with Gasteiger partial charge in [-0.25, -0.2) is 0 Å². The third-order valence-corrected chi connectivity index (χ3v) is 2.37. The lowest BCUT2D eigenvalue weighted by Crippen LogP contribution is -2.47. The summed E-state index contributed by atoms with van der Waals surface area (Å²) in [6.45, 7) is 7.44. The van der Waals surface area contributed by atoms with Crippen LogP contribution in [0.2, 0.25) is 0 Å². The summed E-state index contributed by atoms with van der Waals surface area (Å²) >= 11 is 0. The number of rotatable bonds is 0. The molecule has 0 N–H and O–H groups in total. The van der Waals surface area contributed by atoms with Crippen LogP contribution in [0.25, 0.3) is 0 Å². The van der Waals surface area contributed by atoms with Crippen molar-refractivity contribution in [3.8, 4) is 0 Å². The molecule has 0 spiro atoms. The van der Waals surface area contributed by atoms with E-state index >= 15 is 0 Å². The van der Waals surface area contributed by atoms with Gasteiger partial charge in [0.2, 0.25) is 0 Å². The van der Waals surface area contributed by atoms with Crippen LogP contribution in [-0.4, -0.2) is 23.4 Å². The summed E-state index contributed by atoms with van der Waals surface area (Å²) in [5.74, 6) is -1.71. The van der Waals surface area contributed by atoms with Crippen LogP contribution in [0.15, 0.2) is 11.6 Å². The van der Waals surface area contributed by atoms with E-state index in [4.69, 9.17) is 8.22 Å². The molecule has 1 nitrogen and oxygen atoms in total. The molecule has 0 aromatic heterocycles. The van der Waals surface area contributed by atoms with Crippen LogP contribution in [0.4, 0.5) is 0 Å². The van der Waals surface area contributed by atoms with Crippen molar-refractivity contribution in [3.63, 3.8) is 0 Å². The second-order valence-corrected chi connectivity index (χ2v) is 6.10. The van der Waals surface area contributed by atoms with Gasteiger partial charge in [0.1, 0.15) is 0 Å². The van der Waals surface area contributed by atoms with Crippen molar-refractivity contribution in [2.45, 2.75) is 54.0 Å². The van der Waals surface area contributed by atoms with Crippen LogP contribution in [0.3, 0.4) is 0 Å². The number of hydrogen-bond donors (Lipinski definition) is 0. The molecule has 0 saturated carbocycles. The van der Waals surface area contributed by atoms with Crippen LogP contribution in [0.1, 0.15) is 56.7 Å². The van der Waals surface area contributed by atoms with Gasteiger partial charge in [0.25, 0.3) is 0 Å². The van der Waals surface area contributed by atoms with Crippen LogP contribution in [0, 0.1) is 11.3 Å². The van der Waals surface area contributed by atoms with Gasteiger partial charge in [-0.05, 0) is 32.1 Å². The Morgan fingerprint density at radius 3 is 2.33 bits per heavy atom. The van der Waals surface area contributed by atoms with Crippen LogP contribution < -0.4 is 0 Å². The first-order valence-electron chi connectivity index (χ1n) is 8.42. The summed E-state index contributed by atoms with van der Waals surface area (Å²) in [6.07, 6.45) is 0. The molecule has 88 valence electrons. The highest BCUT2D eigenvalue weighted by molar-refractivity contribution is 5.18. The van der Waals surface area contributed by atoms with E-state index in [1.807, 2.05) is 0 Å². The van der Waals surface area contributed by atoms with Crippen molar-refractivity contribution in [1.29, 1.82) is 0 Å². The van der Waals surface area contributed by atoms with Crippen molar-refractivity contribution in [2.75, 3.05) is 13.0 Å². The Hall–Kier alpha value is -0.300. The first-order valence-corrected chi connectivity index (χ1v) is 5.42. The molecule has 0 aliphatic carbocycles. The lowest BCUT2D eigenvalue weighted by molar-refractivity contribution is 0.123. The van der Waals surface area contributed by atoms with Gasteiger partial charge in [-0.3, -0.25) is 4.90 Å². The average molecular weight is 215 g/mol. The maximum Gasteiger partial charge on any atom is 0.0589 e. The second-order valence-electron chi connectivity index (χ2n) is 6.10. The lowest BCUT2D eigenvalue weighted by atomic mass is 9.77. The number of nitrogens with zero attached hydrogens (tertiary/aromatic N) is 1. The van der Waals surface area contributed by atoms with Crippen molar-refractivity contribution in [3.05, 3.63) is 11.6 Å². The van der Waals surface area contributed by atoms with Crippen LogP contribution >= 0.6 is 0 Å². The standard InChI is InChI=1S/C14H27N/c1-11-10-15(14(5,6)7)9-8-12(11)13(2,3)4/h8,11H,9-10H2,1-7H3/i8D,9D2,10D2,11D. The van der Waals surface area contributed by atoms with E-state index in [0.29, 0.717) is 0 Å². The molecule has 1 rings (SSSR count). The van der Waals surface area contributed by atoms with E-state index in [1.165, 1.54) is 6.92 Å². The van der Waals surface area contributed by atoms with E-state index in [9.17, 15) is 0 Å². The molecule has 0 radical (unpaired) electrons. The Kier molecular flexibility index (Phi) is 1.69. The topological polar surface area (TPSA) is 3.24 Å². The van der Waals surface area contributed by atoms with Gasteiger partial charge >= 0.3 is 0 Å². The predicted octanol–water partition coefficient (Wildman–Crippen LogP) is 3.71. The highest BCUT2D eigenvalue weighted by Crippen LogP contribution is 2.35. The molecule has 0 aromatic rings. The molecule has 0 fully saturated rings. The summed E-state index contributed by atoms with van der Waals surface area (Å²) in [7, 11) is 0. The fraction of sp³-hybridized carbons (Fsp3) is 0.857. The minimum absolute atomic E-state index is 0.213. The predicted molar refractivity (Wildman–Crippen MR) is 68.0 cm³/mol. The summed E-state index contributed by atoms with van der Waals surface area (Å²) in [4.78, 5) is 1.03. The Morgan fingerprint density at radius 2 is 1.93 bits per heavy atom. The number of hydrogen-bond acceptors (Lipinski definition) is 1. The highest BCUT2D eigenvalue weighted by atomic mass is 15.2. The summed E-state index contributed by atoms with van der Waals surface area (Å²) in [5, 5.41) is 0. The Balaban J connectivity index is 3.82. The Morgan fingerprint density at radius 1 is 1.40 bits per heavy atom. The van der Waals surface area contributed by atoms with Gasteiger partial charge in [-0.15, -0.1) is 0 Å². The largest absolute Gasteiger partial charge is 0.294 e. The molecule has 1 aliphatic heterocycles. The maximum absolute atomic E-state index is 8.60. The lowest BCUT2D eigenvalue weighted by Gasteiger charge is -2.43. The van der Waals surface area contributed by atoms with E-state index in [2.05, 4.69) is 0 Å². The highest BCUT2D eigenvalue weighted by Gasteiger charge is 2.31. The third kappa shape index (κ3) is 3.07. The zero-order chi connectivity index (χ0) is 17.2. The van der Waals surface area contributed by atoms with Gasteiger partial charge in [0, 0.05) is 25.4 Å². The summed E-state index contributed by atoms with van der Waals surface area (Å²) in [6, 6.07) is -0.294. The summed E-state index contributed by atoms with van der Waals surface area (Å²) < 4.78 is 50.4. The molecular weight excluding hydrogens is 182 g/mol. The monoisotopic (exact) mass is 215 g/mol. The fourth-order valence-electron chi connectivity index (χ4n) is 1.54. The minimum Gasteiger partial charge on any atom is -0.294 e. The maximum atomic E-state index is 8.60. The minimum atomic E-state index is -2.26. The third-order valence-electron chi connectivity index (χ3n) is 2.37. The SMILES string of the molecule is [2H]C1=C(C(C)(C)C)C([2H])(C)C([2H])([2H])N(C(C)(C)C)C1([2H])[2H]. The van der Waals surface area contributed by atoms with Crippen LogP contribution in [0.5, 0.6) is 0 Å². The van der Waals surface area contributed by atoms with Crippen molar-refractivity contribution in [2.24, 2.45) is 11.3 Å². The molecule has 1 heteroatoms. The molecule has 1 unspecified atom stereocenters. The molecule has 0 saturated heterocycles. The van der Waals surface area contributed by atoms with Crippen molar-refractivity contribution < 1.29 is 8.22 Å². The molecule has 0 bridgehead atoms. The van der Waals surface area contributed by atoms with Gasteiger partial charge in [0.05, 0.1) is 1.37 Å². The quantitative estimate of drug-likeness (QED) is 0.557. The van der Waals surface area contributed by atoms with E-state index in [1.54, 1.807) is 41.5 Å². The first kappa shape index (κ1) is 6.44. The van der Waals surface area contributed by atoms with E-state index in [-0.39, 0.29) is 11.6 Å². The zero-order valence-electron chi connectivity index (χ0n) is 16.9. The van der Waals surface area contributed by atoms with Crippen molar-refractivity contribution >= 4 is 0 Å². The molecule has 0 aromatic carbocycles. The van der Waals surface area contributed by atoms with Gasteiger partial charge in [-0.2, -0.15) is 0 Å². The van der Waals surface area contributed by atoms with E-state index < -0.39 is 29.8 Å². The Bertz CT molecular complexity index is 465. The Labute approximate surface area is 104 Å². The smallest absolute Gasteiger partial charge is 0.0589 e.